The molecule has 2 aromatic rings. The number of ether oxygens (including phenoxy) is 4. The third-order valence-corrected chi connectivity index (χ3v) is 8.63. The average Bonchev–Trinajstić information content (AvgIpc) is 2.94. The third kappa shape index (κ3) is 15.1. The molecule has 2 rings (SSSR count). The Labute approximate surface area is 272 Å². The maximum Gasteiger partial charge on any atom is 0.412 e. The summed E-state index contributed by atoms with van der Waals surface area (Å²) in [6, 6.07) is 18.2. The lowest BCUT2D eigenvalue weighted by Gasteiger charge is -2.37. The van der Waals surface area contributed by atoms with Gasteiger partial charge in [0.15, 0.2) is 0 Å². The number of benzene rings is 2. The lowest BCUT2D eigenvalue weighted by atomic mass is 9.75. The fourth-order valence-corrected chi connectivity index (χ4v) is 4.90. The van der Waals surface area contributed by atoms with Crippen molar-refractivity contribution in [3.63, 3.8) is 0 Å². The van der Waals surface area contributed by atoms with E-state index in [0.29, 0.717) is 37.5 Å². The molecule has 45 heavy (non-hydrogen) atoms. The highest BCUT2D eigenvalue weighted by Crippen LogP contribution is 2.34. The van der Waals surface area contributed by atoms with Crippen molar-refractivity contribution < 1.29 is 28.8 Å². The molecule has 0 saturated carbocycles. The molecule has 1 amide bonds. The Bertz CT molecular complexity index is 1320. The van der Waals surface area contributed by atoms with Crippen molar-refractivity contribution >= 4 is 19.9 Å². The van der Waals surface area contributed by atoms with E-state index in [4.69, 9.17) is 18.9 Å². The fourth-order valence-electron chi connectivity index (χ4n) is 4.15. The minimum absolute atomic E-state index is 0.0827. The fraction of sp³-hybridized carbons (Fsp3) is 0.514. The molecule has 246 valence electrons. The van der Waals surface area contributed by atoms with E-state index in [0.717, 1.165) is 17.2 Å². The second-order valence-corrected chi connectivity index (χ2v) is 19.5. The number of hydrogen-bond acceptors (Lipinski definition) is 6. The van der Waals surface area contributed by atoms with Gasteiger partial charge in [0.1, 0.15) is 18.5 Å². The predicted octanol–water partition coefficient (Wildman–Crippen LogP) is 8.18. The van der Waals surface area contributed by atoms with E-state index in [1.807, 2.05) is 63.2 Å². The van der Waals surface area contributed by atoms with Crippen molar-refractivity contribution in [1.82, 2.24) is 0 Å². The summed E-state index contributed by atoms with van der Waals surface area (Å²) in [4.78, 5) is 12.5. The lowest BCUT2D eigenvalue weighted by Crippen LogP contribution is -2.44. The predicted molar refractivity (Wildman–Crippen MR) is 185 cm³/mol. The van der Waals surface area contributed by atoms with Crippen LogP contribution in [0.5, 0.6) is 0 Å². The number of rotatable bonds is 15. The number of aliphatic hydroxyl groups excluding tert-OH is 1. The van der Waals surface area contributed by atoms with Gasteiger partial charge in [-0.25, -0.2) is 4.79 Å². The molecule has 0 aliphatic heterocycles. The van der Waals surface area contributed by atoms with Crippen LogP contribution in [0.25, 0.3) is 0 Å². The van der Waals surface area contributed by atoms with E-state index < -0.39 is 37.4 Å². The molecule has 0 fully saturated rings. The number of nitrogens with one attached hydrogen (secondary N) is 1. The van der Waals surface area contributed by atoms with Crippen LogP contribution in [0.4, 0.5) is 10.5 Å². The van der Waals surface area contributed by atoms with Crippen LogP contribution in [0.15, 0.2) is 72.0 Å². The summed E-state index contributed by atoms with van der Waals surface area (Å²) in [5.41, 5.74) is 4.84. The summed E-state index contributed by atoms with van der Waals surface area (Å²) in [6.45, 7) is 19.7. The van der Waals surface area contributed by atoms with E-state index in [1.54, 1.807) is 39.0 Å². The van der Waals surface area contributed by atoms with E-state index in [-0.39, 0.29) is 6.79 Å². The Kier molecular flexibility index (Phi) is 15.3. The maximum atomic E-state index is 12.5. The van der Waals surface area contributed by atoms with Gasteiger partial charge in [0.25, 0.3) is 0 Å². The van der Waals surface area contributed by atoms with Gasteiger partial charge in [-0.1, -0.05) is 80.9 Å². The zero-order chi connectivity index (χ0) is 33.5. The van der Waals surface area contributed by atoms with Crippen LogP contribution < -0.4 is 5.32 Å². The van der Waals surface area contributed by atoms with Crippen LogP contribution in [0, 0.1) is 17.3 Å². The highest BCUT2D eigenvalue weighted by Gasteiger charge is 2.40. The van der Waals surface area contributed by atoms with E-state index in [2.05, 4.69) is 42.5 Å². The van der Waals surface area contributed by atoms with Crippen LogP contribution in [0.2, 0.25) is 25.7 Å². The van der Waals surface area contributed by atoms with Crippen LogP contribution >= 0.6 is 0 Å². The van der Waals surface area contributed by atoms with Crippen LogP contribution in [0.1, 0.15) is 59.1 Å². The minimum atomic E-state index is -1.25. The molecule has 1 unspecified atom stereocenters. The molecule has 0 aromatic heterocycles. The second-order valence-electron chi connectivity index (χ2n) is 13.9. The van der Waals surface area contributed by atoms with Gasteiger partial charge in [0.2, 0.25) is 0 Å². The summed E-state index contributed by atoms with van der Waals surface area (Å²) in [5.74, 6) is 6.12. The van der Waals surface area contributed by atoms with E-state index in [1.165, 1.54) is 0 Å². The molecular weight excluding hydrogens is 582 g/mol. The standard InChI is InChI=1S/C37H53NO6Si/c1-29(2)19-22-34(43-28-42-25-26-45(7,8)9)37(6,23-24-41-27-30-15-11-10-12-16-30)33(39)21-20-31-17-13-14-18-32(31)38-35(40)44-36(3,4)5/h10-18,22,33-34,39H,23-28H2,1-9H3,(H,38,40)/t33?,34-,37-/m0/s1. The van der Waals surface area contributed by atoms with Gasteiger partial charge in [0.05, 0.1) is 18.4 Å². The molecule has 2 aromatic carbocycles. The topological polar surface area (TPSA) is 86.3 Å². The molecule has 0 heterocycles. The normalized spacial score (nSPS) is 14.2. The Morgan fingerprint density at radius 2 is 1.64 bits per heavy atom. The SMILES string of the molecule is CC(C)=C=C[C@H](OCOCC[Si](C)(C)C)[C@@](C)(CCOCc1ccccc1)C(O)C#Cc1ccccc1NC(=O)OC(C)(C)C. The van der Waals surface area contributed by atoms with Crippen LogP contribution in [-0.4, -0.2) is 57.1 Å². The Balaban J connectivity index is 2.35. The summed E-state index contributed by atoms with van der Waals surface area (Å²) >= 11 is 0. The molecule has 8 heteroatoms. The highest BCUT2D eigenvalue weighted by atomic mass is 28.3. The molecular formula is C37H53NO6Si. The quantitative estimate of drug-likeness (QED) is 0.0675. The van der Waals surface area contributed by atoms with Gasteiger partial charge >= 0.3 is 6.09 Å². The van der Waals surface area contributed by atoms with Crippen molar-refractivity contribution in [1.29, 1.82) is 0 Å². The number of hydrogen-bond donors (Lipinski definition) is 2. The van der Waals surface area contributed by atoms with Crippen LogP contribution in [0.3, 0.4) is 0 Å². The summed E-state index contributed by atoms with van der Waals surface area (Å²) in [6.07, 6.45) is 0.0338. The van der Waals surface area contributed by atoms with Gasteiger partial charge in [-0.15, -0.1) is 5.73 Å². The first kappa shape index (κ1) is 38.0. The molecule has 3 atom stereocenters. The van der Waals surface area contributed by atoms with Crippen molar-refractivity contribution in [2.24, 2.45) is 5.41 Å². The van der Waals surface area contributed by atoms with Gasteiger partial charge < -0.3 is 24.1 Å². The minimum Gasteiger partial charge on any atom is -0.444 e. The largest absolute Gasteiger partial charge is 0.444 e. The second kappa shape index (κ2) is 18.1. The highest BCUT2D eigenvalue weighted by molar-refractivity contribution is 6.76. The number of para-hydroxylation sites is 1. The number of carbonyl (C=O) groups excluding carboxylic acids is 1. The monoisotopic (exact) mass is 635 g/mol. The van der Waals surface area contributed by atoms with Gasteiger partial charge in [0, 0.05) is 32.3 Å². The summed E-state index contributed by atoms with van der Waals surface area (Å²) < 4.78 is 23.6. The first-order valence-electron chi connectivity index (χ1n) is 15.6. The third-order valence-electron chi connectivity index (χ3n) is 6.93. The number of carbonyl (C=O) groups is 1. The molecule has 0 radical (unpaired) electrons. The molecule has 0 aliphatic carbocycles. The zero-order valence-electron chi connectivity index (χ0n) is 28.7. The molecule has 7 nitrogen and oxygen atoms in total. The summed E-state index contributed by atoms with van der Waals surface area (Å²) in [7, 11) is -1.25. The van der Waals surface area contributed by atoms with Gasteiger partial charge in [-0.05, 0) is 76.4 Å². The maximum absolute atomic E-state index is 12.5. The molecule has 0 bridgehead atoms. The lowest BCUT2D eigenvalue weighted by molar-refractivity contribution is -0.131. The summed E-state index contributed by atoms with van der Waals surface area (Å²) in [5, 5.41) is 14.5. The Morgan fingerprint density at radius 3 is 2.29 bits per heavy atom. The number of anilines is 1. The van der Waals surface area contributed by atoms with E-state index in [9.17, 15) is 9.90 Å². The number of amides is 1. The first-order chi connectivity index (χ1) is 21.1. The molecule has 0 aliphatic rings. The average molecular weight is 636 g/mol. The van der Waals surface area contributed by atoms with Crippen molar-refractivity contribution in [3.8, 4) is 11.8 Å². The smallest absolute Gasteiger partial charge is 0.412 e. The van der Waals surface area contributed by atoms with Crippen molar-refractivity contribution in [2.45, 2.75) is 98.1 Å². The van der Waals surface area contributed by atoms with Crippen LogP contribution in [-0.2, 0) is 25.6 Å². The number of aliphatic hydroxyl groups is 1. The molecule has 0 saturated heterocycles. The van der Waals surface area contributed by atoms with Gasteiger partial charge in [-0.3, -0.25) is 5.32 Å². The Morgan fingerprint density at radius 1 is 0.978 bits per heavy atom. The molecule has 0 spiro atoms. The van der Waals surface area contributed by atoms with Crippen molar-refractivity contribution in [3.05, 3.63) is 83.1 Å². The van der Waals surface area contributed by atoms with E-state index >= 15 is 0 Å². The molecule has 2 N–H and O–H groups in total. The Hall–Kier alpha value is -3.15. The van der Waals surface area contributed by atoms with Crippen molar-refractivity contribution in [2.75, 3.05) is 25.3 Å². The zero-order valence-corrected chi connectivity index (χ0v) is 29.7. The first-order valence-corrected chi connectivity index (χ1v) is 19.3. The van der Waals surface area contributed by atoms with Gasteiger partial charge in [-0.2, -0.15) is 0 Å².